The fraction of sp³-hybridized carbons (Fsp3) is 0. The van der Waals surface area contributed by atoms with Crippen molar-refractivity contribution in [3.63, 3.8) is 0 Å². The summed E-state index contributed by atoms with van der Waals surface area (Å²) in [5, 5.41) is 9.12. The first-order valence-electron chi connectivity index (χ1n) is 16.8. The molecule has 0 aliphatic heterocycles. The van der Waals surface area contributed by atoms with Crippen molar-refractivity contribution >= 4 is 93.7 Å². The summed E-state index contributed by atoms with van der Waals surface area (Å²) in [7, 11) is 0. The van der Waals surface area contributed by atoms with Crippen molar-refractivity contribution in [3.05, 3.63) is 164 Å². The Balaban J connectivity index is 1.04. The summed E-state index contributed by atoms with van der Waals surface area (Å²) in [5.74, 6) is 0. The standard InChI is InChI=1S/C46H27NO3/c1-2-8-34-29(7-1)16-23-43-46(34)38-21-15-30(25-44(38)50-43)28-13-17-31(18-14-28)47(32-20-24-42-39(26-32)36-10-4-6-12-41(36)48-42)33-19-22-37-35-9-3-5-11-40(35)49-45(37)27-33/h1-27H. The van der Waals surface area contributed by atoms with Crippen molar-refractivity contribution in [2.24, 2.45) is 0 Å². The number of nitrogens with zero attached hydrogens (tertiary/aromatic N) is 1. The highest BCUT2D eigenvalue weighted by Gasteiger charge is 2.18. The lowest BCUT2D eigenvalue weighted by molar-refractivity contribution is 0.668. The van der Waals surface area contributed by atoms with Crippen molar-refractivity contribution in [2.75, 3.05) is 4.90 Å². The monoisotopic (exact) mass is 641 g/mol. The molecule has 234 valence electrons. The molecule has 50 heavy (non-hydrogen) atoms. The molecule has 0 aliphatic carbocycles. The lowest BCUT2D eigenvalue weighted by Gasteiger charge is -2.25. The van der Waals surface area contributed by atoms with Gasteiger partial charge in [-0.1, -0.05) is 84.9 Å². The van der Waals surface area contributed by atoms with E-state index in [1.165, 1.54) is 16.2 Å². The Morgan fingerprint density at radius 1 is 0.300 bits per heavy atom. The minimum absolute atomic E-state index is 0.854. The summed E-state index contributed by atoms with van der Waals surface area (Å²) in [6, 6.07) is 57.3. The van der Waals surface area contributed by atoms with Crippen LogP contribution in [-0.4, -0.2) is 0 Å². The predicted molar refractivity (Wildman–Crippen MR) is 206 cm³/mol. The number of furan rings is 3. The van der Waals surface area contributed by atoms with Crippen LogP contribution >= 0.6 is 0 Å². The minimum Gasteiger partial charge on any atom is -0.456 e. The fourth-order valence-corrected chi connectivity index (χ4v) is 7.68. The number of fused-ring (bicyclic) bond motifs is 11. The van der Waals surface area contributed by atoms with Crippen molar-refractivity contribution in [2.45, 2.75) is 0 Å². The zero-order chi connectivity index (χ0) is 32.8. The summed E-state index contributed by atoms with van der Waals surface area (Å²) in [6.45, 7) is 0. The van der Waals surface area contributed by atoms with Gasteiger partial charge in [0, 0.05) is 55.4 Å². The van der Waals surface area contributed by atoms with Crippen molar-refractivity contribution < 1.29 is 13.3 Å². The molecule has 11 aromatic rings. The number of para-hydroxylation sites is 2. The van der Waals surface area contributed by atoms with E-state index in [9.17, 15) is 0 Å². The van der Waals surface area contributed by atoms with Crippen LogP contribution in [0.1, 0.15) is 0 Å². The van der Waals surface area contributed by atoms with Crippen LogP contribution < -0.4 is 4.90 Å². The maximum atomic E-state index is 6.39. The molecule has 0 spiro atoms. The van der Waals surface area contributed by atoms with Crippen LogP contribution in [0.5, 0.6) is 0 Å². The van der Waals surface area contributed by atoms with Gasteiger partial charge in [0.1, 0.15) is 33.5 Å². The smallest absolute Gasteiger partial charge is 0.137 e. The number of rotatable bonds is 4. The van der Waals surface area contributed by atoms with E-state index in [0.29, 0.717) is 0 Å². The highest BCUT2D eigenvalue weighted by atomic mass is 16.3. The van der Waals surface area contributed by atoms with Crippen molar-refractivity contribution in [1.29, 1.82) is 0 Å². The molecule has 4 heteroatoms. The van der Waals surface area contributed by atoms with E-state index in [4.69, 9.17) is 13.3 Å². The molecule has 0 atom stereocenters. The average Bonchev–Trinajstić information content (AvgIpc) is 3.86. The molecule has 0 N–H and O–H groups in total. The zero-order valence-electron chi connectivity index (χ0n) is 26.8. The van der Waals surface area contributed by atoms with Gasteiger partial charge in [0.25, 0.3) is 0 Å². The Kier molecular flexibility index (Phi) is 5.63. The van der Waals surface area contributed by atoms with Crippen molar-refractivity contribution in [3.8, 4) is 11.1 Å². The fourth-order valence-electron chi connectivity index (χ4n) is 7.68. The van der Waals surface area contributed by atoms with Gasteiger partial charge < -0.3 is 18.2 Å². The molecule has 0 amide bonds. The molecule has 0 saturated heterocycles. The predicted octanol–water partition coefficient (Wildman–Crippen LogP) is 13.7. The third-order valence-electron chi connectivity index (χ3n) is 10.1. The maximum absolute atomic E-state index is 6.39. The summed E-state index contributed by atoms with van der Waals surface area (Å²) in [6.07, 6.45) is 0. The number of anilines is 3. The summed E-state index contributed by atoms with van der Waals surface area (Å²) in [5.41, 5.74) is 10.6. The SMILES string of the molecule is c1ccc2c(c1)ccc1oc3cc(-c4ccc(N(c5ccc6c(c5)oc5ccccc56)c5ccc6oc7ccccc7c6c5)cc4)ccc3c12. The van der Waals surface area contributed by atoms with E-state index < -0.39 is 0 Å². The molecule has 0 radical (unpaired) electrons. The van der Waals surface area contributed by atoms with Crippen LogP contribution in [0.4, 0.5) is 17.1 Å². The van der Waals surface area contributed by atoms with Gasteiger partial charge >= 0.3 is 0 Å². The van der Waals surface area contributed by atoms with E-state index in [0.717, 1.165) is 88.6 Å². The molecule has 8 aromatic carbocycles. The zero-order valence-corrected chi connectivity index (χ0v) is 26.8. The first-order chi connectivity index (χ1) is 24.7. The third kappa shape index (κ3) is 4.06. The first-order valence-corrected chi connectivity index (χ1v) is 16.8. The largest absolute Gasteiger partial charge is 0.456 e. The molecule has 0 bridgehead atoms. The molecule has 11 rings (SSSR count). The lowest BCUT2D eigenvalue weighted by atomic mass is 10.0. The maximum Gasteiger partial charge on any atom is 0.137 e. The van der Waals surface area contributed by atoms with E-state index in [1.54, 1.807) is 0 Å². The second-order valence-electron chi connectivity index (χ2n) is 12.9. The van der Waals surface area contributed by atoms with Gasteiger partial charge in [-0.2, -0.15) is 0 Å². The van der Waals surface area contributed by atoms with Gasteiger partial charge in [-0.15, -0.1) is 0 Å². The summed E-state index contributed by atoms with van der Waals surface area (Å²) >= 11 is 0. The highest BCUT2D eigenvalue weighted by Crippen LogP contribution is 2.42. The molecule has 3 aromatic heterocycles. The van der Waals surface area contributed by atoms with E-state index in [-0.39, 0.29) is 0 Å². The van der Waals surface area contributed by atoms with E-state index in [1.807, 2.05) is 24.3 Å². The molecular formula is C46H27NO3. The number of benzene rings is 8. The first kappa shape index (κ1) is 27.2. The Morgan fingerprint density at radius 2 is 0.840 bits per heavy atom. The lowest BCUT2D eigenvalue weighted by Crippen LogP contribution is -2.09. The quantitative estimate of drug-likeness (QED) is 0.192. The van der Waals surface area contributed by atoms with Crippen LogP contribution in [0.25, 0.3) is 87.7 Å². The third-order valence-corrected chi connectivity index (χ3v) is 10.1. The summed E-state index contributed by atoms with van der Waals surface area (Å²) in [4.78, 5) is 2.28. The molecular weight excluding hydrogens is 615 g/mol. The molecule has 3 heterocycles. The molecule has 0 aliphatic rings. The van der Waals surface area contributed by atoms with Gasteiger partial charge in [-0.05, 0) is 94.7 Å². The topological polar surface area (TPSA) is 42.7 Å². The number of hydrogen-bond donors (Lipinski definition) is 0. The second kappa shape index (κ2) is 10.4. The Labute approximate surface area is 286 Å². The molecule has 0 saturated carbocycles. The van der Waals surface area contributed by atoms with E-state index in [2.05, 4.69) is 144 Å². The van der Waals surface area contributed by atoms with Crippen LogP contribution in [0.3, 0.4) is 0 Å². The Hall–Kier alpha value is -6.78. The normalized spacial score (nSPS) is 12.0. The van der Waals surface area contributed by atoms with Gasteiger partial charge in [0.05, 0.1) is 0 Å². The van der Waals surface area contributed by atoms with E-state index >= 15 is 0 Å². The van der Waals surface area contributed by atoms with Crippen LogP contribution in [0.15, 0.2) is 177 Å². The Bertz CT molecular complexity index is 3110. The molecule has 4 nitrogen and oxygen atoms in total. The molecule has 0 fully saturated rings. The van der Waals surface area contributed by atoms with Gasteiger partial charge in [-0.25, -0.2) is 0 Å². The van der Waals surface area contributed by atoms with Crippen LogP contribution in [0.2, 0.25) is 0 Å². The number of hydrogen-bond acceptors (Lipinski definition) is 4. The second-order valence-corrected chi connectivity index (χ2v) is 12.9. The van der Waals surface area contributed by atoms with Crippen LogP contribution in [-0.2, 0) is 0 Å². The Morgan fingerprint density at radius 3 is 1.68 bits per heavy atom. The average molecular weight is 642 g/mol. The van der Waals surface area contributed by atoms with Crippen molar-refractivity contribution in [1.82, 2.24) is 0 Å². The van der Waals surface area contributed by atoms with Crippen LogP contribution in [0, 0.1) is 0 Å². The van der Waals surface area contributed by atoms with Gasteiger partial charge in [0.15, 0.2) is 0 Å². The summed E-state index contributed by atoms with van der Waals surface area (Å²) < 4.78 is 18.9. The highest BCUT2D eigenvalue weighted by molar-refractivity contribution is 6.19. The van der Waals surface area contributed by atoms with Gasteiger partial charge in [-0.3, -0.25) is 0 Å². The minimum atomic E-state index is 0.854. The van der Waals surface area contributed by atoms with Gasteiger partial charge in [0.2, 0.25) is 0 Å². The molecule has 0 unspecified atom stereocenters.